The molecule has 6 heteroatoms. The van der Waals surface area contributed by atoms with Crippen LogP contribution in [0.15, 0.2) is 84.6 Å². The van der Waals surface area contributed by atoms with Gasteiger partial charge in [0.25, 0.3) is 5.91 Å². The number of nitriles is 1. The van der Waals surface area contributed by atoms with E-state index in [0.717, 1.165) is 22.6 Å². The van der Waals surface area contributed by atoms with E-state index in [9.17, 15) is 10.1 Å². The molecule has 0 heterocycles. The molecule has 0 bridgehead atoms. The number of halogens is 1. The SMILES string of the molecule is Cc1ccc(NC(=O)/C(C#N)=C\Nc2ccc(Nc3ccccc3)cc2)cc1Cl. The number of anilines is 4. The van der Waals surface area contributed by atoms with Gasteiger partial charge in [0, 0.05) is 34.0 Å². The number of carbonyl (C=O) groups excluding carboxylic acids is 1. The number of nitrogens with one attached hydrogen (secondary N) is 3. The maximum absolute atomic E-state index is 12.3. The van der Waals surface area contributed by atoms with E-state index in [2.05, 4.69) is 16.0 Å². The van der Waals surface area contributed by atoms with Crippen LogP contribution in [0, 0.1) is 18.3 Å². The van der Waals surface area contributed by atoms with Crippen LogP contribution in [0.1, 0.15) is 5.56 Å². The lowest BCUT2D eigenvalue weighted by molar-refractivity contribution is -0.112. The molecular weight excluding hydrogens is 384 g/mol. The van der Waals surface area contributed by atoms with Crippen LogP contribution in [0.3, 0.4) is 0 Å². The number of amides is 1. The maximum atomic E-state index is 12.3. The smallest absolute Gasteiger partial charge is 0.267 e. The summed E-state index contributed by atoms with van der Waals surface area (Å²) >= 11 is 6.07. The molecule has 3 aromatic rings. The van der Waals surface area contributed by atoms with Crippen molar-refractivity contribution in [2.45, 2.75) is 6.92 Å². The van der Waals surface area contributed by atoms with E-state index in [1.165, 1.54) is 6.20 Å². The average molecular weight is 403 g/mol. The summed E-state index contributed by atoms with van der Waals surface area (Å²) in [6.07, 6.45) is 1.38. The fraction of sp³-hybridized carbons (Fsp3) is 0.0435. The van der Waals surface area contributed by atoms with Gasteiger partial charge in [-0.1, -0.05) is 35.9 Å². The Labute approximate surface area is 174 Å². The minimum absolute atomic E-state index is 0.0480. The largest absolute Gasteiger partial charge is 0.360 e. The summed E-state index contributed by atoms with van der Waals surface area (Å²) in [5.74, 6) is -0.512. The van der Waals surface area contributed by atoms with Crippen molar-refractivity contribution in [1.29, 1.82) is 5.26 Å². The number of nitrogens with zero attached hydrogens (tertiary/aromatic N) is 1. The third kappa shape index (κ3) is 5.61. The summed E-state index contributed by atoms with van der Waals surface area (Å²) in [5.41, 5.74) is 4.07. The molecule has 0 saturated heterocycles. The highest BCUT2D eigenvalue weighted by atomic mass is 35.5. The van der Waals surface area contributed by atoms with Crippen molar-refractivity contribution in [2.24, 2.45) is 0 Å². The van der Waals surface area contributed by atoms with Crippen molar-refractivity contribution in [2.75, 3.05) is 16.0 Å². The van der Waals surface area contributed by atoms with Crippen molar-refractivity contribution in [1.82, 2.24) is 0 Å². The van der Waals surface area contributed by atoms with Crippen LogP contribution in [0.25, 0.3) is 0 Å². The average Bonchev–Trinajstić information content (AvgIpc) is 2.73. The van der Waals surface area contributed by atoms with Gasteiger partial charge in [0.15, 0.2) is 0 Å². The first kappa shape index (κ1) is 20.0. The van der Waals surface area contributed by atoms with Gasteiger partial charge in [0.05, 0.1) is 0 Å². The van der Waals surface area contributed by atoms with Gasteiger partial charge < -0.3 is 16.0 Å². The predicted molar refractivity (Wildman–Crippen MR) is 118 cm³/mol. The molecule has 0 aromatic heterocycles. The molecule has 29 heavy (non-hydrogen) atoms. The molecule has 3 N–H and O–H groups in total. The molecule has 0 aliphatic heterocycles. The normalized spacial score (nSPS) is 10.7. The van der Waals surface area contributed by atoms with Crippen molar-refractivity contribution in [3.8, 4) is 6.07 Å². The number of aryl methyl sites for hydroxylation is 1. The second kappa shape index (κ2) is 9.45. The first-order valence-corrected chi connectivity index (χ1v) is 9.29. The molecule has 144 valence electrons. The first-order chi connectivity index (χ1) is 14.0. The van der Waals surface area contributed by atoms with Crippen LogP contribution in [0.5, 0.6) is 0 Å². The summed E-state index contributed by atoms with van der Waals surface area (Å²) in [7, 11) is 0. The van der Waals surface area contributed by atoms with Gasteiger partial charge in [-0.25, -0.2) is 0 Å². The number of hydrogen-bond acceptors (Lipinski definition) is 4. The van der Waals surface area contributed by atoms with Gasteiger partial charge in [-0.05, 0) is 61.0 Å². The number of rotatable bonds is 6. The zero-order valence-corrected chi connectivity index (χ0v) is 16.5. The van der Waals surface area contributed by atoms with Crippen LogP contribution < -0.4 is 16.0 Å². The van der Waals surface area contributed by atoms with E-state index in [1.807, 2.05) is 67.6 Å². The third-order valence-electron chi connectivity index (χ3n) is 4.13. The van der Waals surface area contributed by atoms with E-state index >= 15 is 0 Å². The molecule has 3 aromatic carbocycles. The van der Waals surface area contributed by atoms with Crippen molar-refractivity contribution in [3.63, 3.8) is 0 Å². The zero-order chi connectivity index (χ0) is 20.6. The Bertz CT molecular complexity index is 1070. The van der Waals surface area contributed by atoms with Crippen LogP contribution in [0.2, 0.25) is 5.02 Å². The standard InChI is InChI=1S/C23H19ClN4O/c1-16-7-8-21(13-22(16)24)28-23(29)17(14-25)15-26-18-9-11-20(12-10-18)27-19-5-3-2-4-6-19/h2-13,15,26-27H,1H3,(H,28,29)/b17-15-. The maximum Gasteiger partial charge on any atom is 0.267 e. The van der Waals surface area contributed by atoms with Crippen molar-refractivity contribution >= 4 is 40.3 Å². The second-order valence-electron chi connectivity index (χ2n) is 6.30. The fourth-order valence-corrected chi connectivity index (χ4v) is 2.69. The van der Waals surface area contributed by atoms with Gasteiger partial charge in [-0.2, -0.15) is 5.26 Å². The van der Waals surface area contributed by atoms with Crippen molar-refractivity contribution in [3.05, 3.63) is 95.2 Å². The lowest BCUT2D eigenvalue weighted by Gasteiger charge is -2.08. The molecule has 0 saturated carbocycles. The van der Waals surface area contributed by atoms with Crippen LogP contribution in [-0.4, -0.2) is 5.91 Å². The Kier molecular flexibility index (Phi) is 6.51. The van der Waals surface area contributed by atoms with Gasteiger partial charge in [-0.15, -0.1) is 0 Å². The number of para-hydroxylation sites is 1. The highest BCUT2D eigenvalue weighted by molar-refractivity contribution is 6.31. The van der Waals surface area contributed by atoms with E-state index in [-0.39, 0.29) is 5.57 Å². The Morgan fingerprint density at radius 3 is 2.21 bits per heavy atom. The van der Waals surface area contributed by atoms with Gasteiger partial charge in [0.2, 0.25) is 0 Å². The number of benzene rings is 3. The highest BCUT2D eigenvalue weighted by Crippen LogP contribution is 2.21. The topological polar surface area (TPSA) is 77.0 Å². The molecule has 3 rings (SSSR count). The minimum atomic E-state index is -0.512. The third-order valence-corrected chi connectivity index (χ3v) is 4.53. The van der Waals surface area contributed by atoms with Gasteiger partial charge in [0.1, 0.15) is 11.6 Å². The summed E-state index contributed by atoms with van der Waals surface area (Å²) in [5, 5.41) is 18.8. The Balaban J connectivity index is 1.63. The van der Waals surface area contributed by atoms with Gasteiger partial charge >= 0.3 is 0 Å². The number of carbonyl (C=O) groups is 1. The van der Waals surface area contributed by atoms with Crippen molar-refractivity contribution < 1.29 is 4.79 Å². The zero-order valence-electron chi connectivity index (χ0n) is 15.7. The molecule has 0 radical (unpaired) electrons. The van der Waals surface area contributed by atoms with Gasteiger partial charge in [-0.3, -0.25) is 4.79 Å². The molecule has 0 unspecified atom stereocenters. The van der Waals surface area contributed by atoms with E-state index in [1.54, 1.807) is 18.2 Å². The minimum Gasteiger partial charge on any atom is -0.360 e. The molecule has 0 fully saturated rings. The Morgan fingerprint density at radius 1 is 0.931 bits per heavy atom. The summed E-state index contributed by atoms with van der Waals surface area (Å²) < 4.78 is 0. The van der Waals surface area contributed by atoms with Crippen LogP contribution in [-0.2, 0) is 4.79 Å². The molecular formula is C23H19ClN4O. The number of hydrogen-bond donors (Lipinski definition) is 3. The Morgan fingerprint density at radius 2 is 1.55 bits per heavy atom. The molecule has 0 aliphatic carbocycles. The summed E-state index contributed by atoms with van der Waals surface area (Å²) in [4.78, 5) is 12.3. The Hall–Kier alpha value is -3.75. The summed E-state index contributed by atoms with van der Waals surface area (Å²) in [6.45, 7) is 1.87. The highest BCUT2D eigenvalue weighted by Gasteiger charge is 2.10. The quantitative estimate of drug-likeness (QED) is 0.357. The molecule has 5 nitrogen and oxygen atoms in total. The monoisotopic (exact) mass is 402 g/mol. The first-order valence-electron chi connectivity index (χ1n) is 8.91. The molecule has 0 aliphatic rings. The molecule has 0 spiro atoms. The fourth-order valence-electron chi connectivity index (χ4n) is 2.51. The van der Waals surface area contributed by atoms with E-state index in [0.29, 0.717) is 10.7 Å². The predicted octanol–water partition coefficient (Wildman–Crippen LogP) is 5.85. The van der Waals surface area contributed by atoms with Crippen LogP contribution in [0.4, 0.5) is 22.7 Å². The van der Waals surface area contributed by atoms with E-state index in [4.69, 9.17) is 11.6 Å². The van der Waals surface area contributed by atoms with Crippen LogP contribution >= 0.6 is 11.6 Å². The van der Waals surface area contributed by atoms with E-state index < -0.39 is 5.91 Å². The summed E-state index contributed by atoms with van der Waals surface area (Å²) in [6, 6.07) is 24.5. The lowest BCUT2D eigenvalue weighted by Crippen LogP contribution is -2.14. The second-order valence-corrected chi connectivity index (χ2v) is 6.71. The molecule has 1 amide bonds. The molecule has 0 atom stereocenters. The lowest BCUT2D eigenvalue weighted by atomic mass is 10.2.